The number of rotatable bonds is 4. The molecule has 0 atom stereocenters. The molecule has 1 amide bonds. The van der Waals surface area contributed by atoms with Crippen LogP contribution in [0.4, 0.5) is 5.69 Å². The van der Waals surface area contributed by atoms with E-state index in [0.717, 1.165) is 33.6 Å². The number of carbonyl (C=O) groups is 1. The number of nitrogens with one attached hydrogen (secondary N) is 1. The molecule has 5 nitrogen and oxygen atoms in total. The molecular weight excluding hydrogens is 372 g/mol. The molecule has 1 heterocycles. The van der Waals surface area contributed by atoms with Crippen LogP contribution in [-0.2, 0) is 0 Å². The van der Waals surface area contributed by atoms with E-state index in [2.05, 4.69) is 28.4 Å². The Balaban J connectivity index is 1.78. The molecule has 4 aromatic rings. The van der Waals surface area contributed by atoms with Crippen LogP contribution in [0.15, 0.2) is 66.7 Å². The predicted molar refractivity (Wildman–Crippen MR) is 120 cm³/mol. The Morgan fingerprint density at radius 1 is 0.833 bits per heavy atom. The van der Waals surface area contributed by atoms with Gasteiger partial charge in [0.1, 0.15) is 0 Å². The fraction of sp³-hybridized carbons (Fsp3) is 0.160. The highest BCUT2D eigenvalue weighted by Crippen LogP contribution is 2.24. The first-order valence-corrected chi connectivity index (χ1v) is 9.91. The molecule has 0 unspecified atom stereocenters. The normalized spacial score (nSPS) is 10.8. The van der Waals surface area contributed by atoms with Gasteiger partial charge in [0.15, 0.2) is 5.82 Å². The maximum atomic E-state index is 13.0. The smallest absolute Gasteiger partial charge is 0.295 e. The van der Waals surface area contributed by atoms with Gasteiger partial charge in [0.05, 0.1) is 5.69 Å². The number of amides is 1. The summed E-state index contributed by atoms with van der Waals surface area (Å²) >= 11 is 0. The standard InChI is InChI=1S/C25H24N4O/c1-16-10-12-21(18(3)14-16)26-25(30)23-27-24(20-8-6-5-7-9-20)29(28-23)22-13-11-17(2)15-19(22)4/h5-15H,1-4H3,(H,26,30). The maximum Gasteiger partial charge on any atom is 0.295 e. The number of carbonyl (C=O) groups excluding carboxylic acids is 1. The van der Waals surface area contributed by atoms with Crippen LogP contribution in [-0.4, -0.2) is 20.7 Å². The minimum absolute atomic E-state index is 0.133. The molecule has 30 heavy (non-hydrogen) atoms. The second-order valence-electron chi connectivity index (χ2n) is 7.60. The molecule has 1 aromatic heterocycles. The van der Waals surface area contributed by atoms with Gasteiger partial charge in [0.2, 0.25) is 5.82 Å². The van der Waals surface area contributed by atoms with Gasteiger partial charge in [-0.3, -0.25) is 4.79 Å². The van der Waals surface area contributed by atoms with Gasteiger partial charge in [-0.1, -0.05) is 65.7 Å². The average molecular weight is 396 g/mol. The summed E-state index contributed by atoms with van der Waals surface area (Å²) in [4.78, 5) is 17.6. The van der Waals surface area contributed by atoms with E-state index in [9.17, 15) is 4.79 Å². The number of aromatic nitrogens is 3. The highest BCUT2D eigenvalue weighted by Gasteiger charge is 2.20. The fourth-order valence-electron chi connectivity index (χ4n) is 3.53. The van der Waals surface area contributed by atoms with Crippen molar-refractivity contribution in [3.63, 3.8) is 0 Å². The Labute approximate surface area is 176 Å². The van der Waals surface area contributed by atoms with Crippen molar-refractivity contribution < 1.29 is 4.79 Å². The SMILES string of the molecule is Cc1ccc(NC(=O)c2nc(-c3ccccc3)n(-c3ccc(C)cc3C)n2)c(C)c1. The molecule has 3 aromatic carbocycles. The average Bonchev–Trinajstić information content (AvgIpc) is 3.16. The number of hydrogen-bond donors (Lipinski definition) is 1. The van der Waals surface area contributed by atoms with Gasteiger partial charge < -0.3 is 5.32 Å². The minimum atomic E-state index is -0.331. The van der Waals surface area contributed by atoms with Gasteiger partial charge >= 0.3 is 0 Å². The minimum Gasteiger partial charge on any atom is -0.319 e. The largest absolute Gasteiger partial charge is 0.319 e. The first-order valence-electron chi connectivity index (χ1n) is 9.91. The molecule has 150 valence electrons. The van der Waals surface area contributed by atoms with Gasteiger partial charge in [-0.2, -0.15) is 0 Å². The number of benzene rings is 3. The predicted octanol–water partition coefficient (Wildman–Crippen LogP) is 5.42. The van der Waals surface area contributed by atoms with E-state index >= 15 is 0 Å². The van der Waals surface area contributed by atoms with Crippen molar-refractivity contribution in [2.24, 2.45) is 0 Å². The van der Waals surface area contributed by atoms with Crippen molar-refractivity contribution in [1.82, 2.24) is 14.8 Å². The molecule has 0 spiro atoms. The zero-order chi connectivity index (χ0) is 21.3. The van der Waals surface area contributed by atoms with E-state index in [1.54, 1.807) is 4.68 Å². The second kappa shape index (κ2) is 7.95. The van der Waals surface area contributed by atoms with Crippen LogP contribution in [0.25, 0.3) is 17.1 Å². The lowest BCUT2D eigenvalue weighted by Crippen LogP contribution is -2.15. The number of aryl methyl sites for hydroxylation is 4. The molecule has 1 N–H and O–H groups in total. The lowest BCUT2D eigenvalue weighted by molar-refractivity contribution is 0.101. The van der Waals surface area contributed by atoms with Crippen LogP contribution >= 0.6 is 0 Å². The molecule has 0 aliphatic carbocycles. The molecule has 0 radical (unpaired) electrons. The highest BCUT2D eigenvalue weighted by molar-refractivity contribution is 6.02. The van der Waals surface area contributed by atoms with Gasteiger partial charge in [-0.05, 0) is 51.0 Å². The summed E-state index contributed by atoms with van der Waals surface area (Å²) in [6.45, 7) is 8.09. The Hall–Kier alpha value is -3.73. The first kappa shape index (κ1) is 19.6. The van der Waals surface area contributed by atoms with Crippen LogP contribution < -0.4 is 5.32 Å². The second-order valence-corrected chi connectivity index (χ2v) is 7.60. The lowest BCUT2D eigenvalue weighted by Gasteiger charge is -2.09. The summed E-state index contributed by atoms with van der Waals surface area (Å²) in [5.74, 6) is 0.435. The summed E-state index contributed by atoms with van der Waals surface area (Å²) in [7, 11) is 0. The van der Waals surface area contributed by atoms with Crippen LogP contribution in [0.1, 0.15) is 32.9 Å². The van der Waals surface area contributed by atoms with E-state index in [1.165, 1.54) is 5.56 Å². The van der Waals surface area contributed by atoms with E-state index in [1.807, 2.05) is 81.4 Å². The van der Waals surface area contributed by atoms with E-state index in [0.29, 0.717) is 5.82 Å². The summed E-state index contributed by atoms with van der Waals surface area (Å²) in [6, 6.07) is 21.8. The van der Waals surface area contributed by atoms with Crippen molar-refractivity contribution in [3.05, 3.63) is 94.8 Å². The van der Waals surface area contributed by atoms with Crippen LogP contribution in [0, 0.1) is 27.7 Å². The summed E-state index contributed by atoms with van der Waals surface area (Å²) < 4.78 is 1.75. The number of hydrogen-bond acceptors (Lipinski definition) is 3. The van der Waals surface area contributed by atoms with Gasteiger partial charge in [-0.25, -0.2) is 9.67 Å². The topological polar surface area (TPSA) is 59.8 Å². The van der Waals surface area contributed by atoms with E-state index in [-0.39, 0.29) is 11.7 Å². The van der Waals surface area contributed by atoms with Crippen molar-refractivity contribution >= 4 is 11.6 Å². The molecular formula is C25H24N4O. The molecule has 0 bridgehead atoms. The molecule has 0 saturated carbocycles. The fourth-order valence-corrected chi connectivity index (χ4v) is 3.53. The number of anilines is 1. The van der Waals surface area contributed by atoms with Gasteiger partial charge in [-0.15, -0.1) is 5.10 Å². The quantitative estimate of drug-likeness (QED) is 0.501. The summed E-state index contributed by atoms with van der Waals surface area (Å²) in [5.41, 5.74) is 6.95. The zero-order valence-corrected chi connectivity index (χ0v) is 17.6. The Morgan fingerprint density at radius 3 is 2.17 bits per heavy atom. The lowest BCUT2D eigenvalue weighted by atomic mass is 10.1. The zero-order valence-electron chi connectivity index (χ0n) is 17.6. The van der Waals surface area contributed by atoms with Crippen LogP contribution in [0.3, 0.4) is 0 Å². The summed E-state index contributed by atoms with van der Waals surface area (Å²) in [5, 5.41) is 7.53. The monoisotopic (exact) mass is 396 g/mol. The Bertz CT molecular complexity index is 1230. The molecule has 0 aliphatic rings. The summed E-state index contributed by atoms with van der Waals surface area (Å²) in [6.07, 6.45) is 0. The van der Waals surface area contributed by atoms with Gasteiger partial charge in [0, 0.05) is 11.3 Å². The van der Waals surface area contributed by atoms with E-state index in [4.69, 9.17) is 0 Å². The van der Waals surface area contributed by atoms with E-state index < -0.39 is 0 Å². The van der Waals surface area contributed by atoms with Crippen molar-refractivity contribution in [2.45, 2.75) is 27.7 Å². The molecule has 0 saturated heterocycles. The Morgan fingerprint density at radius 2 is 1.50 bits per heavy atom. The number of nitrogens with zero attached hydrogens (tertiary/aromatic N) is 3. The molecule has 4 rings (SSSR count). The van der Waals surface area contributed by atoms with Crippen LogP contribution in [0.5, 0.6) is 0 Å². The van der Waals surface area contributed by atoms with Crippen molar-refractivity contribution in [1.29, 1.82) is 0 Å². The molecule has 0 aliphatic heterocycles. The molecule has 5 heteroatoms. The molecule has 0 fully saturated rings. The maximum absolute atomic E-state index is 13.0. The third kappa shape index (κ3) is 3.87. The van der Waals surface area contributed by atoms with Crippen molar-refractivity contribution in [2.75, 3.05) is 5.32 Å². The van der Waals surface area contributed by atoms with Gasteiger partial charge in [0.25, 0.3) is 5.91 Å². The van der Waals surface area contributed by atoms with Crippen LogP contribution in [0.2, 0.25) is 0 Å². The third-order valence-electron chi connectivity index (χ3n) is 5.05. The van der Waals surface area contributed by atoms with Crippen molar-refractivity contribution in [3.8, 4) is 17.1 Å². The Kier molecular flexibility index (Phi) is 5.19. The highest BCUT2D eigenvalue weighted by atomic mass is 16.2. The first-order chi connectivity index (χ1) is 14.4. The third-order valence-corrected chi connectivity index (χ3v) is 5.05.